The molecule has 8 bridgehead atoms. The number of nitrogens with zero attached hydrogens (tertiary/aromatic N) is 2. The molecule has 2 N–H and O–H groups in total. The Kier molecular flexibility index (Phi) is 6.80. The maximum Gasteiger partial charge on any atom is 0.147 e. The zero-order valence-corrected chi connectivity index (χ0v) is 26.6. The van der Waals surface area contributed by atoms with Crippen LogP contribution in [0.15, 0.2) is 137 Å². The summed E-state index contributed by atoms with van der Waals surface area (Å²) in [5.41, 5.74) is 14.5. The number of nitrogens with one attached hydrogen (secondary N) is 2. The monoisotopic (exact) mass is 636 g/mol. The number of rotatable bonds is 4. The fourth-order valence-corrected chi connectivity index (χ4v) is 6.84. The second-order valence-corrected chi connectivity index (χ2v) is 12.3. The Labute approximate surface area is 282 Å². The lowest BCUT2D eigenvalue weighted by Gasteiger charge is -2.07. The predicted molar refractivity (Wildman–Crippen MR) is 200 cm³/mol. The van der Waals surface area contributed by atoms with Crippen molar-refractivity contribution in [1.82, 2.24) is 19.9 Å². The summed E-state index contributed by atoms with van der Waals surface area (Å²) in [4.78, 5) is 18.7. The van der Waals surface area contributed by atoms with E-state index in [4.69, 9.17) is 14.4 Å². The van der Waals surface area contributed by atoms with E-state index < -0.39 is 0 Å². The molecule has 9 rings (SSSR count). The molecule has 7 aromatic rings. The molecule has 2 aliphatic heterocycles. The minimum absolute atomic E-state index is 0.734. The zero-order chi connectivity index (χ0) is 32.0. The van der Waals surface area contributed by atoms with Crippen LogP contribution in [0.25, 0.3) is 91.1 Å². The first-order chi connectivity index (χ1) is 23.7. The van der Waals surface area contributed by atoms with Gasteiger partial charge in [0.15, 0.2) is 0 Å². The van der Waals surface area contributed by atoms with Gasteiger partial charge in [0.05, 0.1) is 33.9 Å². The summed E-state index contributed by atoms with van der Waals surface area (Å²) in [7, 11) is 0. The number of hydrogen-bond donors (Lipinski definition) is 3. The molecule has 0 aliphatic carbocycles. The highest BCUT2D eigenvalue weighted by molar-refractivity contribution is 7.80. The largest absolute Gasteiger partial charge is 0.463 e. The summed E-state index contributed by atoms with van der Waals surface area (Å²) in [6.45, 7) is 0. The fraction of sp³-hybridized carbons (Fsp3) is 0. The number of aromatic amines is 2. The third-order valence-electron chi connectivity index (χ3n) is 8.76. The van der Waals surface area contributed by atoms with Crippen LogP contribution >= 0.6 is 12.6 Å². The Morgan fingerprint density at radius 3 is 1.71 bits per heavy atom. The lowest BCUT2D eigenvalue weighted by molar-refractivity contribution is 0.578. The molecule has 5 nitrogen and oxygen atoms in total. The topological polar surface area (TPSA) is 70.5 Å². The average Bonchev–Trinajstić information content (AvgIpc) is 3.97. The quantitative estimate of drug-likeness (QED) is 0.168. The summed E-state index contributed by atoms with van der Waals surface area (Å²) in [5, 5.41) is 0. The molecule has 0 fully saturated rings. The van der Waals surface area contributed by atoms with Crippen LogP contribution in [-0.4, -0.2) is 19.9 Å². The molecule has 48 heavy (non-hydrogen) atoms. The van der Waals surface area contributed by atoms with Crippen molar-refractivity contribution >= 4 is 59.0 Å². The molecule has 228 valence electrons. The van der Waals surface area contributed by atoms with Gasteiger partial charge in [-0.15, -0.1) is 12.6 Å². The standard InChI is InChI=1S/C42H28N4OS/c48-38-22-23-47-42(38)29-13-7-12-28(24-29)41-33-17-15-31(44-33)25-30-14-16-32(43-30)39(26-8-3-1-4-9-26)34-18-19-35(45-34)40(27-10-5-2-6-11-27)36-20-21-37(41)46-36/h1-25,43,46,48H. The minimum Gasteiger partial charge on any atom is -0.463 e. The van der Waals surface area contributed by atoms with Gasteiger partial charge in [-0.05, 0) is 83.5 Å². The van der Waals surface area contributed by atoms with Crippen molar-refractivity contribution in [3.63, 3.8) is 0 Å². The molecule has 3 aromatic carbocycles. The van der Waals surface area contributed by atoms with E-state index in [9.17, 15) is 0 Å². The van der Waals surface area contributed by atoms with Crippen LogP contribution < -0.4 is 0 Å². The Hall–Kier alpha value is -6.11. The van der Waals surface area contributed by atoms with Crippen molar-refractivity contribution in [3.8, 4) is 44.7 Å². The van der Waals surface area contributed by atoms with Gasteiger partial charge in [-0.2, -0.15) is 0 Å². The Balaban J connectivity index is 1.40. The predicted octanol–water partition coefficient (Wildman–Crippen LogP) is 11.2. The first-order valence-corrected chi connectivity index (χ1v) is 16.2. The van der Waals surface area contributed by atoms with Gasteiger partial charge in [0.25, 0.3) is 0 Å². The van der Waals surface area contributed by atoms with Gasteiger partial charge in [0, 0.05) is 44.3 Å². The van der Waals surface area contributed by atoms with E-state index >= 15 is 0 Å². The highest BCUT2D eigenvalue weighted by Gasteiger charge is 2.17. The third-order valence-corrected chi connectivity index (χ3v) is 9.11. The Morgan fingerprint density at radius 1 is 0.479 bits per heavy atom. The van der Waals surface area contributed by atoms with Gasteiger partial charge >= 0.3 is 0 Å². The molecule has 0 unspecified atom stereocenters. The summed E-state index contributed by atoms with van der Waals surface area (Å²) >= 11 is 4.62. The van der Waals surface area contributed by atoms with Crippen molar-refractivity contribution in [2.75, 3.05) is 0 Å². The zero-order valence-electron chi connectivity index (χ0n) is 25.7. The Morgan fingerprint density at radius 2 is 1.04 bits per heavy atom. The van der Waals surface area contributed by atoms with Crippen molar-refractivity contribution in [2.24, 2.45) is 0 Å². The summed E-state index contributed by atoms with van der Waals surface area (Å²) in [6.07, 6.45) is 10.0. The molecule has 0 radical (unpaired) electrons. The molecule has 0 amide bonds. The summed E-state index contributed by atoms with van der Waals surface area (Å²) in [6, 6.07) is 41.6. The van der Waals surface area contributed by atoms with Crippen LogP contribution in [0.1, 0.15) is 22.8 Å². The van der Waals surface area contributed by atoms with Crippen LogP contribution in [0.4, 0.5) is 0 Å². The van der Waals surface area contributed by atoms with Crippen LogP contribution in [0.3, 0.4) is 0 Å². The summed E-state index contributed by atoms with van der Waals surface area (Å²) < 4.78 is 5.81. The second kappa shape index (κ2) is 11.6. The first-order valence-electron chi connectivity index (χ1n) is 15.8. The van der Waals surface area contributed by atoms with Gasteiger partial charge in [-0.25, -0.2) is 9.97 Å². The summed E-state index contributed by atoms with van der Waals surface area (Å²) in [5.74, 6) is 0.734. The van der Waals surface area contributed by atoms with E-state index in [2.05, 4.69) is 138 Å². The normalized spacial score (nSPS) is 12.1. The van der Waals surface area contributed by atoms with E-state index in [0.29, 0.717) is 0 Å². The average molecular weight is 637 g/mol. The van der Waals surface area contributed by atoms with Crippen LogP contribution in [-0.2, 0) is 0 Å². The lowest BCUT2D eigenvalue weighted by atomic mass is 10.0. The van der Waals surface area contributed by atoms with Crippen LogP contribution in [0.5, 0.6) is 0 Å². The number of furan rings is 1. The van der Waals surface area contributed by atoms with Gasteiger partial charge in [-0.1, -0.05) is 78.9 Å². The molecule has 0 saturated heterocycles. The molecule has 0 saturated carbocycles. The number of hydrogen-bond acceptors (Lipinski definition) is 4. The van der Waals surface area contributed by atoms with E-state index in [1.54, 1.807) is 6.26 Å². The van der Waals surface area contributed by atoms with Crippen molar-refractivity contribution < 1.29 is 4.42 Å². The lowest BCUT2D eigenvalue weighted by Crippen LogP contribution is -1.88. The van der Waals surface area contributed by atoms with E-state index in [-0.39, 0.29) is 0 Å². The van der Waals surface area contributed by atoms with Crippen molar-refractivity contribution in [3.05, 3.63) is 150 Å². The van der Waals surface area contributed by atoms with E-state index in [0.717, 1.165) is 94.4 Å². The molecule has 0 spiro atoms. The minimum atomic E-state index is 0.734. The molecule has 4 aromatic heterocycles. The van der Waals surface area contributed by atoms with Gasteiger partial charge in [-0.3, -0.25) is 0 Å². The third kappa shape index (κ3) is 5.00. The molecule has 0 atom stereocenters. The van der Waals surface area contributed by atoms with Crippen molar-refractivity contribution in [2.45, 2.75) is 4.90 Å². The van der Waals surface area contributed by atoms with E-state index in [1.165, 1.54) is 0 Å². The highest BCUT2D eigenvalue weighted by atomic mass is 32.1. The Bertz CT molecular complexity index is 2570. The number of thiol groups is 1. The van der Waals surface area contributed by atoms with Gasteiger partial charge in [0.1, 0.15) is 5.76 Å². The SMILES string of the molecule is Sc1ccoc1-c1cccc(-c2c3nc(cc4ccc([nH]4)c(-c4ccccc4)c4nc(c(-c5ccccc5)c5ccc2[nH]5)C=C4)C=C3)c1. The van der Waals surface area contributed by atoms with Crippen LogP contribution in [0.2, 0.25) is 0 Å². The number of aromatic nitrogens is 4. The maximum absolute atomic E-state index is 5.81. The number of benzene rings is 3. The fourth-order valence-electron chi connectivity index (χ4n) is 6.59. The maximum atomic E-state index is 5.81. The number of H-pyrrole nitrogens is 2. The second-order valence-electron chi connectivity index (χ2n) is 11.8. The molecule has 2 aliphatic rings. The first kappa shape index (κ1) is 28.1. The molecule has 6 heteroatoms. The van der Waals surface area contributed by atoms with Crippen LogP contribution in [0, 0.1) is 0 Å². The van der Waals surface area contributed by atoms with Gasteiger partial charge in [0.2, 0.25) is 0 Å². The smallest absolute Gasteiger partial charge is 0.147 e. The number of fused-ring (bicyclic) bond motifs is 8. The highest BCUT2D eigenvalue weighted by Crippen LogP contribution is 2.37. The molecular weight excluding hydrogens is 609 g/mol. The molecular formula is C42H28N4OS. The van der Waals surface area contributed by atoms with Gasteiger partial charge < -0.3 is 14.4 Å². The van der Waals surface area contributed by atoms with E-state index in [1.807, 2.05) is 30.3 Å². The molecule has 6 heterocycles. The van der Waals surface area contributed by atoms with Crippen molar-refractivity contribution in [1.29, 1.82) is 0 Å².